The number of hydrogen-bond acceptors (Lipinski definition) is 6. The largest absolute Gasteiger partial charge is 0.369 e. The summed E-state index contributed by atoms with van der Waals surface area (Å²) in [6, 6.07) is 7.40. The molecule has 0 unspecified atom stereocenters. The number of hydrogen-bond donors (Lipinski definition) is 4. The van der Waals surface area contributed by atoms with E-state index in [0.29, 0.717) is 30.5 Å². The fraction of sp³-hybridized carbons (Fsp3) is 0.478. The molecule has 1 aromatic carbocycles. The minimum atomic E-state index is -0.0728. The van der Waals surface area contributed by atoms with E-state index in [-0.39, 0.29) is 17.9 Å². The smallest absolute Gasteiger partial charge is 0.321 e. The minimum Gasteiger partial charge on any atom is -0.369 e. The van der Waals surface area contributed by atoms with Gasteiger partial charge >= 0.3 is 6.03 Å². The number of nitrogens with zero attached hydrogens (tertiary/aromatic N) is 3. The SMILES string of the molecule is CC[C@H](C)C(=O)NCCCNc1nc(Nc2cccc(NC(=O)N3CCCC3)c2)ncc1Br. The second-order valence-corrected chi connectivity index (χ2v) is 8.96. The Labute approximate surface area is 203 Å². The van der Waals surface area contributed by atoms with Crippen molar-refractivity contribution in [3.63, 3.8) is 0 Å². The number of amides is 3. The van der Waals surface area contributed by atoms with Gasteiger partial charge in [-0.2, -0.15) is 4.98 Å². The van der Waals surface area contributed by atoms with Crippen LogP contribution < -0.4 is 21.3 Å². The lowest BCUT2D eigenvalue weighted by Gasteiger charge is -2.16. The van der Waals surface area contributed by atoms with E-state index in [0.717, 1.165) is 48.9 Å². The van der Waals surface area contributed by atoms with E-state index < -0.39 is 0 Å². The Kier molecular flexibility index (Phi) is 9.29. The highest BCUT2D eigenvalue weighted by Gasteiger charge is 2.17. The van der Waals surface area contributed by atoms with Crippen molar-refractivity contribution in [2.45, 2.75) is 39.5 Å². The molecule has 1 aliphatic rings. The van der Waals surface area contributed by atoms with Crippen LogP contribution in [0.1, 0.15) is 39.5 Å². The predicted octanol–water partition coefficient (Wildman–Crippen LogP) is 4.57. The maximum atomic E-state index is 12.3. The Morgan fingerprint density at radius 3 is 2.70 bits per heavy atom. The molecule has 1 saturated heterocycles. The van der Waals surface area contributed by atoms with Crippen molar-refractivity contribution in [3.8, 4) is 0 Å². The molecule has 1 aromatic heterocycles. The molecule has 0 aliphatic carbocycles. The van der Waals surface area contributed by atoms with Crippen molar-refractivity contribution in [3.05, 3.63) is 34.9 Å². The number of anilines is 4. The molecule has 0 saturated carbocycles. The van der Waals surface area contributed by atoms with Crippen molar-refractivity contribution in [1.29, 1.82) is 0 Å². The van der Waals surface area contributed by atoms with E-state index in [1.165, 1.54) is 0 Å². The van der Waals surface area contributed by atoms with Gasteiger partial charge in [0.1, 0.15) is 5.82 Å². The van der Waals surface area contributed by atoms with Crippen LogP contribution in [0, 0.1) is 5.92 Å². The summed E-state index contributed by atoms with van der Waals surface area (Å²) in [6.45, 7) is 6.81. The predicted molar refractivity (Wildman–Crippen MR) is 135 cm³/mol. The highest BCUT2D eigenvalue weighted by atomic mass is 79.9. The zero-order valence-electron chi connectivity index (χ0n) is 19.2. The molecule has 3 amide bonds. The summed E-state index contributed by atoms with van der Waals surface area (Å²) in [6.07, 6.45) is 5.40. The molecule has 0 spiro atoms. The minimum absolute atomic E-state index is 0.0367. The molecule has 1 atom stereocenters. The van der Waals surface area contributed by atoms with Crippen LogP contribution in [0.5, 0.6) is 0 Å². The standard InChI is InChI=1S/C23H32BrN7O2/c1-3-16(2)21(32)26-11-7-10-25-20-19(24)15-27-22(30-20)28-17-8-6-9-18(14-17)29-23(33)31-12-4-5-13-31/h6,8-9,14-16H,3-5,7,10-13H2,1-2H3,(H,26,32)(H,29,33)(H2,25,27,28,30)/t16-/m0/s1. The molecule has 3 rings (SSSR count). The van der Waals surface area contributed by atoms with Crippen LogP contribution in [-0.2, 0) is 4.79 Å². The molecule has 2 heterocycles. The number of aromatic nitrogens is 2. The third-order valence-electron chi connectivity index (χ3n) is 5.51. The summed E-state index contributed by atoms with van der Waals surface area (Å²) in [5.41, 5.74) is 1.49. The van der Waals surface area contributed by atoms with Crippen LogP contribution in [0.3, 0.4) is 0 Å². The topological polar surface area (TPSA) is 111 Å². The van der Waals surface area contributed by atoms with Crippen LogP contribution in [0.4, 0.5) is 27.9 Å². The van der Waals surface area contributed by atoms with Gasteiger partial charge in [-0.3, -0.25) is 4.79 Å². The van der Waals surface area contributed by atoms with Crippen LogP contribution in [-0.4, -0.2) is 53.0 Å². The lowest BCUT2D eigenvalue weighted by Crippen LogP contribution is -2.32. The second kappa shape index (κ2) is 12.4. The summed E-state index contributed by atoms with van der Waals surface area (Å²) in [4.78, 5) is 34.8. The lowest BCUT2D eigenvalue weighted by molar-refractivity contribution is -0.124. The molecular formula is C23H32BrN7O2. The lowest BCUT2D eigenvalue weighted by atomic mass is 10.1. The van der Waals surface area contributed by atoms with E-state index in [9.17, 15) is 9.59 Å². The summed E-state index contributed by atoms with van der Waals surface area (Å²) in [7, 11) is 0. The van der Waals surface area contributed by atoms with Gasteiger partial charge in [0.05, 0.1) is 4.47 Å². The van der Waals surface area contributed by atoms with E-state index in [1.807, 2.05) is 43.0 Å². The van der Waals surface area contributed by atoms with E-state index in [1.54, 1.807) is 6.20 Å². The van der Waals surface area contributed by atoms with E-state index >= 15 is 0 Å². The first-order chi connectivity index (χ1) is 16.0. The van der Waals surface area contributed by atoms with Crippen LogP contribution >= 0.6 is 15.9 Å². The molecule has 2 aromatic rings. The molecule has 178 valence electrons. The highest BCUT2D eigenvalue weighted by molar-refractivity contribution is 9.10. The zero-order chi connectivity index (χ0) is 23.6. The second-order valence-electron chi connectivity index (χ2n) is 8.10. The number of rotatable bonds is 10. The van der Waals surface area contributed by atoms with Gasteiger partial charge in [0, 0.05) is 49.7 Å². The molecule has 0 radical (unpaired) electrons. The molecule has 0 bridgehead atoms. The first-order valence-electron chi connectivity index (χ1n) is 11.4. The number of carbonyl (C=O) groups excluding carboxylic acids is 2. The fourth-order valence-corrected chi connectivity index (χ4v) is 3.68. The van der Waals surface area contributed by atoms with E-state index in [2.05, 4.69) is 47.2 Å². The number of benzene rings is 1. The molecular weight excluding hydrogens is 486 g/mol. The Morgan fingerprint density at radius 2 is 1.94 bits per heavy atom. The Morgan fingerprint density at radius 1 is 1.18 bits per heavy atom. The fourth-order valence-electron chi connectivity index (χ4n) is 3.34. The Hall–Kier alpha value is -2.88. The van der Waals surface area contributed by atoms with Crippen LogP contribution in [0.25, 0.3) is 0 Å². The van der Waals surface area contributed by atoms with Gasteiger partial charge < -0.3 is 26.2 Å². The maximum Gasteiger partial charge on any atom is 0.321 e. The number of carbonyl (C=O) groups is 2. The van der Waals surface area contributed by atoms with Gasteiger partial charge in [-0.25, -0.2) is 9.78 Å². The van der Waals surface area contributed by atoms with Crippen LogP contribution in [0.15, 0.2) is 34.9 Å². The number of nitrogens with one attached hydrogen (secondary N) is 4. The van der Waals surface area contributed by atoms with Crippen molar-refractivity contribution >= 4 is 51.0 Å². The molecule has 9 nitrogen and oxygen atoms in total. The molecule has 1 aliphatic heterocycles. The third kappa shape index (κ3) is 7.59. The molecule has 33 heavy (non-hydrogen) atoms. The van der Waals surface area contributed by atoms with Gasteiger partial charge in [-0.1, -0.05) is 19.9 Å². The number of halogens is 1. The maximum absolute atomic E-state index is 12.3. The highest BCUT2D eigenvalue weighted by Crippen LogP contribution is 2.23. The zero-order valence-corrected chi connectivity index (χ0v) is 20.7. The number of likely N-dealkylation sites (tertiary alicyclic amines) is 1. The van der Waals surface area contributed by atoms with Crippen molar-refractivity contribution in [1.82, 2.24) is 20.2 Å². The summed E-state index contributed by atoms with van der Waals surface area (Å²) < 4.78 is 0.753. The first kappa shape index (κ1) is 24.8. The first-order valence-corrected chi connectivity index (χ1v) is 12.2. The Balaban J connectivity index is 1.52. The summed E-state index contributed by atoms with van der Waals surface area (Å²) in [5, 5.41) is 12.3. The van der Waals surface area contributed by atoms with Gasteiger partial charge in [-0.05, 0) is 59.8 Å². The van der Waals surface area contributed by atoms with Crippen molar-refractivity contribution in [2.75, 3.05) is 42.1 Å². The molecule has 4 N–H and O–H groups in total. The Bertz CT molecular complexity index is 950. The third-order valence-corrected chi connectivity index (χ3v) is 6.09. The monoisotopic (exact) mass is 517 g/mol. The van der Waals surface area contributed by atoms with Gasteiger partial charge in [0.15, 0.2) is 0 Å². The normalized spacial score (nSPS) is 14.0. The van der Waals surface area contributed by atoms with Crippen molar-refractivity contribution < 1.29 is 9.59 Å². The van der Waals surface area contributed by atoms with Crippen LogP contribution in [0.2, 0.25) is 0 Å². The average molecular weight is 518 g/mol. The quantitative estimate of drug-likeness (QED) is 0.343. The number of urea groups is 1. The van der Waals surface area contributed by atoms with Gasteiger partial charge in [0.2, 0.25) is 11.9 Å². The summed E-state index contributed by atoms with van der Waals surface area (Å²) >= 11 is 3.47. The van der Waals surface area contributed by atoms with E-state index in [4.69, 9.17) is 0 Å². The molecule has 1 fully saturated rings. The van der Waals surface area contributed by atoms with Gasteiger partial charge in [0.25, 0.3) is 0 Å². The van der Waals surface area contributed by atoms with Gasteiger partial charge in [-0.15, -0.1) is 0 Å². The molecule has 10 heteroatoms. The summed E-state index contributed by atoms with van der Waals surface area (Å²) in [5.74, 6) is 1.23. The average Bonchev–Trinajstić information content (AvgIpc) is 3.35. The van der Waals surface area contributed by atoms with Crippen molar-refractivity contribution in [2.24, 2.45) is 5.92 Å².